The van der Waals surface area contributed by atoms with Gasteiger partial charge in [0, 0.05) is 18.0 Å². The molecule has 30 heavy (non-hydrogen) atoms. The lowest BCUT2D eigenvalue weighted by atomic mass is 10.1. The first kappa shape index (κ1) is 19.4. The van der Waals surface area contributed by atoms with Gasteiger partial charge in [0.2, 0.25) is 5.89 Å². The summed E-state index contributed by atoms with van der Waals surface area (Å²) in [6.45, 7) is 1.56. The third-order valence-electron chi connectivity index (χ3n) is 4.36. The molecule has 0 saturated heterocycles. The van der Waals surface area contributed by atoms with Crippen LogP contribution in [0.2, 0.25) is 0 Å². The zero-order chi connectivity index (χ0) is 21.3. The minimum absolute atomic E-state index is 0.0160. The SMILES string of the molecule is Cc1oc(-c2ccccc2)nc1C(=O)Nc1cc(C(F)(F)F)ccc1-n1cccn1. The van der Waals surface area contributed by atoms with Gasteiger partial charge in [-0.3, -0.25) is 4.79 Å². The number of halogens is 3. The van der Waals surface area contributed by atoms with Gasteiger partial charge in [-0.1, -0.05) is 18.2 Å². The van der Waals surface area contributed by atoms with Crippen molar-refractivity contribution in [2.24, 2.45) is 0 Å². The summed E-state index contributed by atoms with van der Waals surface area (Å²) in [7, 11) is 0. The number of alkyl halides is 3. The van der Waals surface area contributed by atoms with E-state index in [9.17, 15) is 18.0 Å². The Labute approximate surface area is 169 Å². The van der Waals surface area contributed by atoms with Gasteiger partial charge >= 0.3 is 6.18 Å². The number of oxazole rings is 1. The first-order valence-electron chi connectivity index (χ1n) is 8.88. The topological polar surface area (TPSA) is 73.0 Å². The minimum Gasteiger partial charge on any atom is -0.441 e. The maximum absolute atomic E-state index is 13.2. The predicted molar refractivity (Wildman–Crippen MR) is 103 cm³/mol. The normalized spacial score (nSPS) is 11.5. The Morgan fingerprint density at radius 3 is 2.53 bits per heavy atom. The standard InChI is InChI=1S/C21H15F3N4O2/c1-13-18(27-20(30-13)14-6-3-2-4-7-14)19(29)26-16-12-15(21(22,23)24)8-9-17(16)28-11-5-10-25-28/h2-12H,1H3,(H,26,29). The first-order valence-corrected chi connectivity index (χ1v) is 8.88. The van der Waals surface area contributed by atoms with E-state index in [4.69, 9.17) is 4.42 Å². The van der Waals surface area contributed by atoms with E-state index in [0.717, 1.165) is 12.1 Å². The van der Waals surface area contributed by atoms with E-state index in [1.807, 2.05) is 6.07 Å². The zero-order valence-corrected chi connectivity index (χ0v) is 15.6. The molecule has 2 heterocycles. The second-order valence-electron chi connectivity index (χ2n) is 6.42. The van der Waals surface area contributed by atoms with Crippen molar-refractivity contribution in [3.8, 4) is 17.1 Å². The molecule has 0 atom stereocenters. The van der Waals surface area contributed by atoms with Gasteiger partial charge in [0.15, 0.2) is 5.69 Å². The van der Waals surface area contributed by atoms with Crippen LogP contribution in [0.4, 0.5) is 18.9 Å². The van der Waals surface area contributed by atoms with Gasteiger partial charge in [0.25, 0.3) is 5.91 Å². The molecule has 0 saturated carbocycles. The molecule has 0 fully saturated rings. The number of hydrogen-bond acceptors (Lipinski definition) is 4. The average molecular weight is 412 g/mol. The quantitative estimate of drug-likeness (QED) is 0.506. The van der Waals surface area contributed by atoms with Gasteiger partial charge in [0.05, 0.1) is 16.9 Å². The Hall–Kier alpha value is -3.88. The molecule has 0 aliphatic carbocycles. The molecule has 6 nitrogen and oxygen atoms in total. The Morgan fingerprint density at radius 2 is 1.87 bits per heavy atom. The second-order valence-corrected chi connectivity index (χ2v) is 6.42. The lowest BCUT2D eigenvalue weighted by Gasteiger charge is -2.14. The molecule has 9 heteroatoms. The Bertz CT molecular complexity index is 1180. The number of carbonyl (C=O) groups is 1. The lowest BCUT2D eigenvalue weighted by Crippen LogP contribution is -2.17. The van der Waals surface area contributed by atoms with Gasteiger partial charge in [-0.15, -0.1) is 0 Å². The number of aromatic nitrogens is 3. The summed E-state index contributed by atoms with van der Waals surface area (Å²) in [5.41, 5.74) is -0.00264. The summed E-state index contributed by atoms with van der Waals surface area (Å²) in [5, 5.41) is 6.54. The van der Waals surface area contributed by atoms with Gasteiger partial charge in [-0.05, 0) is 43.3 Å². The molecule has 0 aliphatic rings. The van der Waals surface area contributed by atoms with Crippen LogP contribution in [0.3, 0.4) is 0 Å². The van der Waals surface area contributed by atoms with Crippen molar-refractivity contribution in [2.45, 2.75) is 13.1 Å². The second kappa shape index (κ2) is 7.51. The van der Waals surface area contributed by atoms with E-state index in [2.05, 4.69) is 15.4 Å². The van der Waals surface area contributed by atoms with E-state index < -0.39 is 17.6 Å². The van der Waals surface area contributed by atoms with Gasteiger partial charge in [-0.2, -0.15) is 18.3 Å². The van der Waals surface area contributed by atoms with Crippen LogP contribution in [-0.2, 0) is 6.18 Å². The lowest BCUT2D eigenvalue weighted by molar-refractivity contribution is -0.137. The van der Waals surface area contributed by atoms with E-state index >= 15 is 0 Å². The van der Waals surface area contributed by atoms with E-state index in [1.54, 1.807) is 43.5 Å². The first-order chi connectivity index (χ1) is 14.3. The molecule has 4 rings (SSSR count). The van der Waals surface area contributed by atoms with Crippen LogP contribution in [0.25, 0.3) is 17.1 Å². The van der Waals surface area contributed by atoms with Gasteiger partial charge in [-0.25, -0.2) is 9.67 Å². The minimum atomic E-state index is -4.56. The Balaban J connectivity index is 1.70. The van der Waals surface area contributed by atoms with Crippen LogP contribution < -0.4 is 5.32 Å². The van der Waals surface area contributed by atoms with E-state index in [-0.39, 0.29) is 28.7 Å². The van der Waals surface area contributed by atoms with Crippen LogP contribution in [0.1, 0.15) is 21.8 Å². The largest absolute Gasteiger partial charge is 0.441 e. The van der Waals surface area contributed by atoms with Crippen molar-refractivity contribution in [2.75, 3.05) is 5.32 Å². The molecule has 0 bridgehead atoms. The average Bonchev–Trinajstić information content (AvgIpc) is 3.38. The third-order valence-corrected chi connectivity index (χ3v) is 4.36. The van der Waals surface area contributed by atoms with Gasteiger partial charge < -0.3 is 9.73 Å². The molecule has 2 aromatic carbocycles. The van der Waals surface area contributed by atoms with E-state index in [1.165, 1.54) is 16.9 Å². The van der Waals surface area contributed by atoms with Crippen LogP contribution >= 0.6 is 0 Å². The molecule has 0 spiro atoms. The number of aryl methyl sites for hydroxylation is 1. The highest BCUT2D eigenvalue weighted by Gasteiger charge is 2.31. The van der Waals surface area contributed by atoms with Crippen molar-refractivity contribution in [1.82, 2.24) is 14.8 Å². The fraction of sp³-hybridized carbons (Fsp3) is 0.0952. The molecule has 4 aromatic rings. The smallest absolute Gasteiger partial charge is 0.416 e. The molecular formula is C21H15F3N4O2. The fourth-order valence-corrected chi connectivity index (χ4v) is 2.92. The number of amides is 1. The molecule has 0 radical (unpaired) electrons. The predicted octanol–water partition coefficient (Wildman–Crippen LogP) is 5.11. The van der Waals surface area contributed by atoms with Crippen LogP contribution in [-0.4, -0.2) is 20.7 Å². The van der Waals surface area contributed by atoms with Crippen molar-refractivity contribution < 1.29 is 22.4 Å². The molecule has 1 N–H and O–H groups in total. The van der Waals surface area contributed by atoms with E-state index in [0.29, 0.717) is 5.56 Å². The fourth-order valence-electron chi connectivity index (χ4n) is 2.92. The summed E-state index contributed by atoms with van der Waals surface area (Å²) in [6.07, 6.45) is -1.52. The van der Waals surface area contributed by atoms with Crippen molar-refractivity contribution in [3.63, 3.8) is 0 Å². The number of nitrogens with one attached hydrogen (secondary N) is 1. The molecule has 1 amide bonds. The number of nitrogens with zero attached hydrogens (tertiary/aromatic N) is 3. The zero-order valence-electron chi connectivity index (χ0n) is 15.6. The third kappa shape index (κ3) is 3.82. The number of carbonyl (C=O) groups excluding carboxylic acids is 1. The summed E-state index contributed by atoms with van der Waals surface area (Å²) < 4.78 is 46.5. The molecular weight excluding hydrogens is 397 g/mol. The summed E-state index contributed by atoms with van der Waals surface area (Å²) in [4.78, 5) is 17.0. The van der Waals surface area contributed by atoms with Gasteiger partial charge in [0.1, 0.15) is 5.76 Å². The molecule has 152 valence electrons. The summed E-state index contributed by atoms with van der Waals surface area (Å²) in [6, 6.07) is 13.6. The van der Waals surface area contributed by atoms with Crippen LogP contribution in [0, 0.1) is 6.92 Å². The Kier molecular flexibility index (Phi) is 4.86. The highest BCUT2D eigenvalue weighted by Crippen LogP contribution is 2.33. The maximum atomic E-state index is 13.2. The van der Waals surface area contributed by atoms with Crippen LogP contribution in [0.5, 0.6) is 0 Å². The molecule has 0 unspecified atom stereocenters. The van der Waals surface area contributed by atoms with Crippen molar-refractivity contribution in [1.29, 1.82) is 0 Å². The van der Waals surface area contributed by atoms with Crippen LogP contribution in [0.15, 0.2) is 71.4 Å². The summed E-state index contributed by atoms with van der Waals surface area (Å²) >= 11 is 0. The number of hydrogen-bond donors (Lipinski definition) is 1. The molecule has 2 aromatic heterocycles. The van der Waals surface area contributed by atoms with Crippen molar-refractivity contribution in [3.05, 3.63) is 84.0 Å². The highest BCUT2D eigenvalue weighted by atomic mass is 19.4. The monoisotopic (exact) mass is 412 g/mol. The number of anilines is 1. The summed E-state index contributed by atoms with van der Waals surface area (Å²) in [5.74, 6) is -0.195. The molecule has 0 aliphatic heterocycles. The highest BCUT2D eigenvalue weighted by molar-refractivity contribution is 6.05. The Morgan fingerprint density at radius 1 is 1.10 bits per heavy atom. The maximum Gasteiger partial charge on any atom is 0.416 e. The van der Waals surface area contributed by atoms with Crippen molar-refractivity contribution >= 4 is 11.6 Å². The number of benzene rings is 2. The number of rotatable bonds is 4.